The first kappa shape index (κ1) is 25.3. The predicted molar refractivity (Wildman–Crippen MR) is 125 cm³/mol. The van der Waals surface area contributed by atoms with Crippen molar-refractivity contribution in [2.75, 3.05) is 26.9 Å². The molecular weight excluding hydrogens is 469 g/mol. The van der Waals surface area contributed by atoms with Crippen LogP contribution in [-0.4, -0.2) is 53.5 Å². The number of benzene rings is 1. The lowest BCUT2D eigenvalue weighted by Gasteiger charge is -2.09. The number of nitrogens with one attached hydrogen (secondary N) is 1. The van der Waals surface area contributed by atoms with Crippen LogP contribution in [0.5, 0.6) is 5.75 Å². The molecular formula is C23H23F3N4O3S. The topological polar surface area (TPSA) is 77.8 Å². The normalized spacial score (nSPS) is 12.1. The Balaban J connectivity index is 1.68. The van der Waals surface area contributed by atoms with E-state index in [1.165, 1.54) is 0 Å². The molecule has 0 fully saturated rings. The summed E-state index contributed by atoms with van der Waals surface area (Å²) in [5.74, 6) is -0.132. The summed E-state index contributed by atoms with van der Waals surface area (Å²) >= 11 is 0.938. The third kappa shape index (κ3) is 6.84. The van der Waals surface area contributed by atoms with Crippen LogP contribution in [0.25, 0.3) is 22.3 Å². The molecule has 1 N–H and O–H groups in total. The van der Waals surface area contributed by atoms with Crippen LogP contribution in [0.15, 0.2) is 59.7 Å². The van der Waals surface area contributed by atoms with Crippen molar-refractivity contribution in [1.82, 2.24) is 19.9 Å². The van der Waals surface area contributed by atoms with Crippen molar-refractivity contribution < 1.29 is 27.4 Å². The zero-order chi connectivity index (χ0) is 24.7. The molecule has 0 bridgehead atoms. The van der Waals surface area contributed by atoms with E-state index < -0.39 is 18.6 Å². The second-order valence-electron chi connectivity index (χ2n) is 7.17. The Hall–Kier alpha value is -3.31. The minimum Gasteiger partial charge on any atom is -0.491 e. The second kappa shape index (κ2) is 11.2. The number of fused-ring (bicyclic) bond motifs is 1. The van der Waals surface area contributed by atoms with Crippen LogP contribution in [0.3, 0.4) is 0 Å². The van der Waals surface area contributed by atoms with Crippen molar-refractivity contribution in [2.45, 2.75) is 13.1 Å². The fourth-order valence-corrected chi connectivity index (χ4v) is 3.47. The smallest absolute Gasteiger partial charge is 0.405 e. The number of rotatable bonds is 10. The van der Waals surface area contributed by atoms with Crippen molar-refractivity contribution in [3.63, 3.8) is 0 Å². The van der Waals surface area contributed by atoms with E-state index in [4.69, 9.17) is 9.47 Å². The molecule has 34 heavy (non-hydrogen) atoms. The van der Waals surface area contributed by atoms with Gasteiger partial charge in [-0.1, -0.05) is 30.5 Å². The average molecular weight is 493 g/mol. The number of halogens is 3. The highest BCUT2D eigenvalue weighted by molar-refractivity contribution is 8.06. The minimum atomic E-state index is -4.48. The highest BCUT2D eigenvalue weighted by atomic mass is 32.2. The van der Waals surface area contributed by atoms with E-state index >= 15 is 0 Å². The van der Waals surface area contributed by atoms with Crippen molar-refractivity contribution in [1.29, 1.82) is 0 Å². The lowest BCUT2D eigenvalue weighted by atomic mass is 10.1. The number of aromatic nitrogens is 3. The number of ether oxygens (including phenoxy) is 2. The first-order chi connectivity index (χ1) is 16.2. The molecule has 180 valence electrons. The number of hydrogen-bond donors (Lipinski definition) is 1. The van der Waals surface area contributed by atoms with Crippen LogP contribution < -0.4 is 10.1 Å². The van der Waals surface area contributed by atoms with E-state index in [0.717, 1.165) is 39.8 Å². The van der Waals surface area contributed by atoms with Gasteiger partial charge in [0.05, 0.1) is 17.7 Å². The van der Waals surface area contributed by atoms with Gasteiger partial charge in [0.15, 0.2) is 5.65 Å². The Morgan fingerprint density at radius 3 is 2.62 bits per heavy atom. The Kier molecular flexibility index (Phi) is 8.35. The minimum absolute atomic E-state index is 0.0510. The van der Waals surface area contributed by atoms with Crippen LogP contribution in [0.2, 0.25) is 0 Å². The van der Waals surface area contributed by atoms with Crippen LogP contribution in [0, 0.1) is 0 Å². The number of hydrogen-bond acceptors (Lipinski definition) is 6. The van der Waals surface area contributed by atoms with E-state index in [9.17, 15) is 18.0 Å². The molecule has 7 nitrogen and oxygen atoms in total. The number of allylic oxidation sites excluding steroid dienone is 1. The summed E-state index contributed by atoms with van der Waals surface area (Å²) in [6.45, 7) is 4.90. The van der Waals surface area contributed by atoms with Crippen molar-refractivity contribution in [3.05, 3.63) is 65.3 Å². The van der Waals surface area contributed by atoms with E-state index in [2.05, 4.69) is 16.7 Å². The fourth-order valence-electron chi connectivity index (χ4n) is 2.84. The van der Waals surface area contributed by atoms with Gasteiger partial charge in [0.2, 0.25) is 0 Å². The molecule has 0 atom stereocenters. The molecule has 2 aromatic heterocycles. The van der Waals surface area contributed by atoms with Gasteiger partial charge in [-0.2, -0.15) is 18.3 Å². The van der Waals surface area contributed by atoms with Gasteiger partial charge in [-0.25, -0.2) is 9.50 Å². The van der Waals surface area contributed by atoms with Gasteiger partial charge in [0.25, 0.3) is 5.91 Å². The molecule has 0 saturated heterocycles. The number of alkyl halides is 3. The van der Waals surface area contributed by atoms with Crippen LogP contribution >= 0.6 is 11.8 Å². The summed E-state index contributed by atoms with van der Waals surface area (Å²) < 4.78 is 48.9. The summed E-state index contributed by atoms with van der Waals surface area (Å²) in [7, 11) is 1.62. The molecule has 2 heterocycles. The molecule has 1 amide bonds. The Morgan fingerprint density at radius 1 is 1.21 bits per heavy atom. The number of methoxy groups -OCH3 is 1. The Bertz CT molecular complexity index is 1190. The number of amides is 1. The van der Waals surface area contributed by atoms with E-state index in [0.29, 0.717) is 18.9 Å². The van der Waals surface area contributed by atoms with Gasteiger partial charge in [-0.3, -0.25) is 4.79 Å². The Morgan fingerprint density at radius 2 is 1.94 bits per heavy atom. The zero-order valence-electron chi connectivity index (χ0n) is 18.6. The molecule has 0 unspecified atom stereocenters. The summed E-state index contributed by atoms with van der Waals surface area (Å²) in [4.78, 5) is 16.2. The van der Waals surface area contributed by atoms with Crippen LogP contribution in [0.1, 0.15) is 12.5 Å². The zero-order valence-corrected chi connectivity index (χ0v) is 19.4. The summed E-state index contributed by atoms with van der Waals surface area (Å²) in [5.41, 5.74) is 3.86. The molecule has 0 aliphatic heterocycles. The van der Waals surface area contributed by atoms with Crippen molar-refractivity contribution >= 4 is 28.9 Å². The first-order valence-corrected chi connectivity index (χ1v) is 11.0. The third-order valence-electron chi connectivity index (χ3n) is 4.61. The van der Waals surface area contributed by atoms with Crippen molar-refractivity contribution in [3.8, 4) is 16.9 Å². The van der Waals surface area contributed by atoms with Gasteiger partial charge in [0.1, 0.15) is 18.9 Å². The van der Waals surface area contributed by atoms with Gasteiger partial charge >= 0.3 is 6.18 Å². The number of nitrogens with zero attached hydrogens (tertiary/aromatic N) is 3. The SMILES string of the molecule is C=C(S/C=C(\C)c1cnn2cc(-c3ccc(OCCOC)cc3)cnc12)C(=O)NCC(F)(F)F. The summed E-state index contributed by atoms with van der Waals surface area (Å²) in [6.07, 6.45) is 0.730. The quantitative estimate of drug-likeness (QED) is 0.326. The van der Waals surface area contributed by atoms with E-state index in [1.54, 1.807) is 41.7 Å². The standard InChI is InChI=1S/C23H23F3N4O3S/c1-15(13-34-16(2)22(31)28-14-23(24,25)26)20-11-29-30-12-18(10-27-21(20)30)17-4-6-19(7-5-17)33-9-8-32-3/h4-7,10-13H,2,8-9,14H2,1,3H3,(H,28,31)/b15-13+. The number of thioether (sulfide) groups is 1. The van der Waals surface area contributed by atoms with Crippen molar-refractivity contribution in [2.24, 2.45) is 0 Å². The Labute approximate surface area is 198 Å². The molecule has 0 spiro atoms. The van der Waals surface area contributed by atoms with Gasteiger partial charge in [-0.05, 0) is 35.6 Å². The highest BCUT2D eigenvalue weighted by Gasteiger charge is 2.28. The first-order valence-electron chi connectivity index (χ1n) is 10.1. The molecule has 1 aromatic carbocycles. The number of carbonyl (C=O) groups excluding carboxylic acids is 1. The summed E-state index contributed by atoms with van der Waals surface area (Å²) in [5, 5.41) is 7.77. The largest absolute Gasteiger partial charge is 0.491 e. The lowest BCUT2D eigenvalue weighted by molar-refractivity contribution is -0.135. The second-order valence-corrected chi connectivity index (χ2v) is 8.14. The third-order valence-corrected chi connectivity index (χ3v) is 5.55. The molecule has 3 rings (SSSR count). The van der Waals surface area contributed by atoms with Gasteiger partial charge in [0, 0.05) is 30.6 Å². The lowest BCUT2D eigenvalue weighted by Crippen LogP contribution is -2.33. The predicted octanol–water partition coefficient (Wildman–Crippen LogP) is 4.71. The fraction of sp³-hybridized carbons (Fsp3) is 0.261. The van der Waals surface area contributed by atoms with Crippen LogP contribution in [-0.2, 0) is 9.53 Å². The van der Waals surface area contributed by atoms with E-state index in [-0.39, 0.29) is 4.91 Å². The molecule has 3 aromatic rings. The number of carbonyl (C=O) groups is 1. The maximum absolute atomic E-state index is 12.3. The average Bonchev–Trinajstić information content (AvgIpc) is 3.24. The molecule has 0 radical (unpaired) electrons. The van der Waals surface area contributed by atoms with Gasteiger partial charge < -0.3 is 14.8 Å². The maximum atomic E-state index is 12.3. The monoisotopic (exact) mass is 492 g/mol. The van der Waals surface area contributed by atoms with Gasteiger partial charge in [-0.15, -0.1) is 0 Å². The molecule has 0 aliphatic rings. The van der Waals surface area contributed by atoms with E-state index in [1.807, 2.05) is 30.5 Å². The molecule has 0 saturated carbocycles. The summed E-state index contributed by atoms with van der Waals surface area (Å²) in [6, 6.07) is 7.58. The van der Waals surface area contributed by atoms with Crippen LogP contribution in [0.4, 0.5) is 13.2 Å². The highest BCUT2D eigenvalue weighted by Crippen LogP contribution is 2.27. The molecule has 11 heteroatoms. The molecule has 0 aliphatic carbocycles. The maximum Gasteiger partial charge on any atom is 0.405 e.